The van der Waals surface area contributed by atoms with Gasteiger partial charge >= 0.3 is 0 Å². The Labute approximate surface area is 105 Å². The summed E-state index contributed by atoms with van der Waals surface area (Å²) in [5.74, 6) is 0. The summed E-state index contributed by atoms with van der Waals surface area (Å²) in [6, 6.07) is 0. The Balaban J connectivity index is 2.45. The fourth-order valence-corrected chi connectivity index (χ4v) is 2.58. The molecule has 1 rings (SSSR count). The number of hydrogen-bond acceptors (Lipinski definition) is 4. The normalized spacial score (nSPS) is 25.4. The lowest BCUT2D eigenvalue weighted by atomic mass is 9.81. The first-order valence-corrected chi connectivity index (χ1v) is 6.80. The van der Waals surface area contributed by atoms with Gasteiger partial charge in [-0.25, -0.2) is 0 Å². The molecule has 0 radical (unpaired) electrons. The average Bonchev–Trinajstić information content (AvgIpc) is 2.30. The molecular formula is C13H28N2O2. The van der Waals surface area contributed by atoms with Gasteiger partial charge in [-0.2, -0.15) is 0 Å². The Morgan fingerprint density at radius 1 is 1.47 bits per heavy atom. The molecule has 1 fully saturated rings. The molecule has 0 spiro atoms. The summed E-state index contributed by atoms with van der Waals surface area (Å²) in [4.78, 5) is 2.21. The highest BCUT2D eigenvalue weighted by atomic mass is 16.5. The van der Waals surface area contributed by atoms with E-state index in [1.54, 1.807) is 0 Å². The van der Waals surface area contributed by atoms with Crippen LogP contribution in [-0.2, 0) is 4.74 Å². The Morgan fingerprint density at radius 2 is 2.29 bits per heavy atom. The quantitative estimate of drug-likeness (QED) is 0.617. The highest BCUT2D eigenvalue weighted by Gasteiger charge is 2.33. The predicted molar refractivity (Wildman–Crippen MR) is 70.2 cm³/mol. The molecule has 1 saturated heterocycles. The van der Waals surface area contributed by atoms with Crippen molar-refractivity contribution in [3.8, 4) is 0 Å². The maximum absolute atomic E-state index is 8.98. The molecule has 2 N–H and O–H groups in total. The average molecular weight is 244 g/mol. The Kier molecular flexibility index (Phi) is 7.04. The summed E-state index contributed by atoms with van der Waals surface area (Å²) < 4.78 is 5.67. The van der Waals surface area contributed by atoms with Crippen molar-refractivity contribution in [1.82, 2.24) is 10.2 Å². The van der Waals surface area contributed by atoms with Crippen LogP contribution < -0.4 is 5.32 Å². The van der Waals surface area contributed by atoms with Crippen molar-refractivity contribution in [2.75, 3.05) is 53.0 Å². The molecule has 0 aromatic heterocycles. The third kappa shape index (κ3) is 5.34. The van der Waals surface area contributed by atoms with Gasteiger partial charge in [-0.05, 0) is 32.9 Å². The topological polar surface area (TPSA) is 44.7 Å². The first kappa shape index (κ1) is 14.9. The van der Waals surface area contributed by atoms with E-state index in [4.69, 9.17) is 9.84 Å². The van der Waals surface area contributed by atoms with Crippen LogP contribution in [0.3, 0.4) is 0 Å². The number of rotatable bonds is 8. The monoisotopic (exact) mass is 244 g/mol. The second-order valence-corrected chi connectivity index (χ2v) is 5.29. The van der Waals surface area contributed by atoms with E-state index >= 15 is 0 Å². The van der Waals surface area contributed by atoms with Gasteiger partial charge in [0, 0.05) is 31.7 Å². The summed E-state index contributed by atoms with van der Waals surface area (Å²) in [6.45, 7) is 8.02. The number of likely N-dealkylation sites (N-methyl/N-ethyl adjacent to an activating group) is 1. The second kappa shape index (κ2) is 8.03. The lowest BCUT2D eigenvalue weighted by molar-refractivity contribution is -0.0240. The minimum atomic E-state index is 0.232. The van der Waals surface area contributed by atoms with Crippen LogP contribution in [0.4, 0.5) is 0 Å². The van der Waals surface area contributed by atoms with Gasteiger partial charge < -0.3 is 20.1 Å². The van der Waals surface area contributed by atoms with Crippen molar-refractivity contribution >= 4 is 0 Å². The van der Waals surface area contributed by atoms with Gasteiger partial charge in [0.05, 0.1) is 13.2 Å². The van der Waals surface area contributed by atoms with Crippen molar-refractivity contribution < 1.29 is 9.84 Å². The van der Waals surface area contributed by atoms with Crippen molar-refractivity contribution in [1.29, 1.82) is 0 Å². The number of nitrogens with one attached hydrogen (secondary N) is 1. The van der Waals surface area contributed by atoms with Gasteiger partial charge in [-0.15, -0.1) is 0 Å². The lowest BCUT2D eigenvalue weighted by Gasteiger charge is -2.40. The van der Waals surface area contributed by atoms with Gasteiger partial charge in [0.15, 0.2) is 0 Å². The fourth-order valence-electron chi connectivity index (χ4n) is 2.58. The SMILES string of the molecule is CCCNCC1(CN(C)CCO)CCCOC1. The maximum atomic E-state index is 8.98. The number of aliphatic hydroxyl groups is 1. The van der Waals surface area contributed by atoms with Crippen LogP contribution in [0.5, 0.6) is 0 Å². The molecular weight excluding hydrogens is 216 g/mol. The van der Waals surface area contributed by atoms with Gasteiger partial charge in [0.1, 0.15) is 0 Å². The van der Waals surface area contributed by atoms with E-state index in [1.807, 2.05) is 0 Å². The van der Waals surface area contributed by atoms with E-state index in [0.717, 1.165) is 45.8 Å². The summed E-state index contributed by atoms with van der Waals surface area (Å²) in [6.07, 6.45) is 3.55. The van der Waals surface area contributed by atoms with E-state index in [-0.39, 0.29) is 12.0 Å². The molecule has 102 valence electrons. The zero-order chi connectivity index (χ0) is 12.6. The minimum Gasteiger partial charge on any atom is -0.395 e. The van der Waals surface area contributed by atoms with Crippen LogP contribution in [0, 0.1) is 5.41 Å². The third-order valence-electron chi connectivity index (χ3n) is 3.42. The van der Waals surface area contributed by atoms with E-state index in [2.05, 4.69) is 24.2 Å². The standard InChI is InChI=1S/C13H28N2O2/c1-3-6-14-10-13(5-4-9-17-12-13)11-15(2)7-8-16/h14,16H,3-12H2,1-2H3. The second-order valence-electron chi connectivity index (χ2n) is 5.29. The molecule has 1 aliphatic rings. The molecule has 0 aromatic rings. The Hall–Kier alpha value is -0.160. The van der Waals surface area contributed by atoms with Crippen LogP contribution >= 0.6 is 0 Å². The summed E-state index contributed by atoms with van der Waals surface area (Å²) >= 11 is 0. The van der Waals surface area contributed by atoms with Crippen LogP contribution in [0.2, 0.25) is 0 Å². The number of ether oxygens (including phenoxy) is 1. The molecule has 0 aliphatic carbocycles. The highest BCUT2D eigenvalue weighted by molar-refractivity contribution is 4.86. The number of hydrogen-bond donors (Lipinski definition) is 2. The van der Waals surface area contributed by atoms with Crippen molar-refractivity contribution in [3.63, 3.8) is 0 Å². The van der Waals surface area contributed by atoms with Crippen molar-refractivity contribution in [3.05, 3.63) is 0 Å². The molecule has 4 heteroatoms. The van der Waals surface area contributed by atoms with Gasteiger partial charge in [0.25, 0.3) is 0 Å². The van der Waals surface area contributed by atoms with Gasteiger partial charge in [-0.3, -0.25) is 0 Å². The van der Waals surface area contributed by atoms with E-state index in [1.165, 1.54) is 12.8 Å². The molecule has 1 atom stereocenters. The molecule has 1 aliphatic heterocycles. The first-order valence-electron chi connectivity index (χ1n) is 6.80. The first-order chi connectivity index (χ1) is 8.22. The third-order valence-corrected chi connectivity index (χ3v) is 3.42. The largest absolute Gasteiger partial charge is 0.395 e. The Morgan fingerprint density at radius 3 is 2.88 bits per heavy atom. The molecule has 4 nitrogen and oxygen atoms in total. The molecule has 1 unspecified atom stereocenters. The summed E-state index contributed by atoms with van der Waals surface area (Å²) in [5, 5.41) is 12.5. The van der Waals surface area contributed by atoms with Crippen LogP contribution in [-0.4, -0.2) is 63.1 Å². The minimum absolute atomic E-state index is 0.232. The molecule has 0 bridgehead atoms. The van der Waals surface area contributed by atoms with Gasteiger partial charge in [-0.1, -0.05) is 6.92 Å². The molecule has 0 amide bonds. The summed E-state index contributed by atoms with van der Waals surface area (Å²) in [5.41, 5.74) is 0.233. The van der Waals surface area contributed by atoms with Crippen LogP contribution in [0.25, 0.3) is 0 Å². The van der Waals surface area contributed by atoms with Crippen molar-refractivity contribution in [2.45, 2.75) is 26.2 Å². The molecule has 0 saturated carbocycles. The maximum Gasteiger partial charge on any atom is 0.0558 e. The smallest absolute Gasteiger partial charge is 0.0558 e. The lowest BCUT2D eigenvalue weighted by Crippen LogP contribution is -2.48. The number of nitrogens with zero attached hydrogens (tertiary/aromatic N) is 1. The van der Waals surface area contributed by atoms with E-state index < -0.39 is 0 Å². The van der Waals surface area contributed by atoms with Crippen molar-refractivity contribution in [2.24, 2.45) is 5.41 Å². The van der Waals surface area contributed by atoms with Gasteiger partial charge in [0.2, 0.25) is 0 Å². The zero-order valence-corrected chi connectivity index (χ0v) is 11.4. The predicted octanol–water partition coefficient (Wildman–Crippen LogP) is 0.707. The van der Waals surface area contributed by atoms with E-state index in [0.29, 0.717) is 0 Å². The van der Waals surface area contributed by atoms with Crippen LogP contribution in [0.15, 0.2) is 0 Å². The molecule has 0 aromatic carbocycles. The number of aliphatic hydroxyl groups excluding tert-OH is 1. The molecule has 17 heavy (non-hydrogen) atoms. The fraction of sp³-hybridized carbons (Fsp3) is 1.00. The Bertz CT molecular complexity index is 194. The van der Waals surface area contributed by atoms with E-state index in [9.17, 15) is 0 Å². The summed E-state index contributed by atoms with van der Waals surface area (Å²) in [7, 11) is 2.08. The zero-order valence-electron chi connectivity index (χ0n) is 11.4. The van der Waals surface area contributed by atoms with Crippen LogP contribution in [0.1, 0.15) is 26.2 Å². The highest BCUT2D eigenvalue weighted by Crippen LogP contribution is 2.28. The molecule has 1 heterocycles.